The Morgan fingerprint density at radius 1 is 0.862 bits per heavy atom. The second-order valence-corrected chi connectivity index (χ2v) is 10.1. The molecule has 0 nitrogen and oxygen atoms in total. The number of unbranched alkanes of at least 4 members (excludes halogenated alkanes) is 2. The standard InChI is InChI=1S/C28H41Cl/c1-3-5-6-8-27-20-15-24(21-28(27)29)10-9-23-13-18-26(19-14-23)25-16-11-22(7-4-2)12-17-25/h15,20-23,25-26H,3-8,11-14,16-19H2,1-2H3. The number of benzene rings is 1. The summed E-state index contributed by atoms with van der Waals surface area (Å²) in [6, 6.07) is 6.44. The van der Waals surface area contributed by atoms with Gasteiger partial charge in [-0.15, -0.1) is 0 Å². The molecule has 0 saturated heterocycles. The third kappa shape index (κ3) is 7.07. The molecule has 0 spiro atoms. The third-order valence-electron chi connectivity index (χ3n) is 7.55. The van der Waals surface area contributed by atoms with E-state index in [1.165, 1.54) is 89.0 Å². The van der Waals surface area contributed by atoms with Gasteiger partial charge in [0.2, 0.25) is 0 Å². The van der Waals surface area contributed by atoms with Crippen LogP contribution in [0.15, 0.2) is 18.2 Å². The average Bonchev–Trinajstić information content (AvgIpc) is 2.75. The molecule has 0 atom stereocenters. The highest BCUT2D eigenvalue weighted by Crippen LogP contribution is 2.42. The van der Waals surface area contributed by atoms with E-state index in [1.807, 2.05) is 0 Å². The summed E-state index contributed by atoms with van der Waals surface area (Å²) >= 11 is 6.50. The molecule has 0 bridgehead atoms. The van der Waals surface area contributed by atoms with E-state index in [4.69, 9.17) is 11.6 Å². The van der Waals surface area contributed by atoms with Crippen molar-refractivity contribution < 1.29 is 0 Å². The highest BCUT2D eigenvalue weighted by molar-refractivity contribution is 6.31. The number of hydrogen-bond donors (Lipinski definition) is 0. The number of aryl methyl sites for hydroxylation is 1. The van der Waals surface area contributed by atoms with E-state index in [0.717, 1.165) is 34.8 Å². The van der Waals surface area contributed by atoms with Gasteiger partial charge in [0.25, 0.3) is 0 Å². The maximum atomic E-state index is 6.50. The molecule has 2 fully saturated rings. The topological polar surface area (TPSA) is 0 Å². The Balaban J connectivity index is 1.44. The molecule has 1 aromatic carbocycles. The van der Waals surface area contributed by atoms with Crippen LogP contribution in [0.5, 0.6) is 0 Å². The van der Waals surface area contributed by atoms with Crippen LogP contribution in [-0.2, 0) is 6.42 Å². The molecule has 0 aliphatic heterocycles. The molecule has 2 aliphatic rings. The van der Waals surface area contributed by atoms with Gasteiger partial charge in [-0.2, -0.15) is 0 Å². The van der Waals surface area contributed by atoms with Crippen LogP contribution in [0, 0.1) is 35.5 Å². The number of rotatable bonds is 7. The molecule has 0 N–H and O–H groups in total. The van der Waals surface area contributed by atoms with Crippen LogP contribution in [0.25, 0.3) is 0 Å². The Morgan fingerprint density at radius 2 is 1.55 bits per heavy atom. The van der Waals surface area contributed by atoms with Crippen molar-refractivity contribution in [2.24, 2.45) is 23.7 Å². The van der Waals surface area contributed by atoms with Crippen molar-refractivity contribution in [3.8, 4) is 11.8 Å². The molecule has 0 aromatic heterocycles. The maximum absolute atomic E-state index is 6.50. The Morgan fingerprint density at radius 3 is 2.17 bits per heavy atom. The lowest BCUT2D eigenvalue weighted by Gasteiger charge is -2.37. The third-order valence-corrected chi connectivity index (χ3v) is 7.90. The molecular weight excluding hydrogens is 372 g/mol. The van der Waals surface area contributed by atoms with Crippen molar-refractivity contribution in [2.75, 3.05) is 0 Å². The van der Waals surface area contributed by atoms with Gasteiger partial charge in [-0.25, -0.2) is 0 Å². The van der Waals surface area contributed by atoms with Crippen molar-refractivity contribution in [1.29, 1.82) is 0 Å². The minimum absolute atomic E-state index is 0.589. The molecule has 0 amide bonds. The summed E-state index contributed by atoms with van der Waals surface area (Å²) in [5.74, 6) is 10.6. The lowest BCUT2D eigenvalue weighted by atomic mass is 9.69. The Labute approximate surface area is 185 Å². The summed E-state index contributed by atoms with van der Waals surface area (Å²) in [6.07, 6.45) is 19.1. The van der Waals surface area contributed by atoms with Crippen LogP contribution in [0.1, 0.15) is 108 Å². The van der Waals surface area contributed by atoms with Gasteiger partial charge >= 0.3 is 0 Å². The fourth-order valence-corrected chi connectivity index (χ4v) is 5.95. The highest BCUT2D eigenvalue weighted by Gasteiger charge is 2.30. The molecule has 0 heterocycles. The SMILES string of the molecule is CCCCCc1ccc(C#CC2CCC(C3CCC(CCC)CC3)CC2)cc1Cl. The van der Waals surface area contributed by atoms with Crippen LogP contribution in [0.4, 0.5) is 0 Å². The van der Waals surface area contributed by atoms with E-state index in [2.05, 4.69) is 43.9 Å². The molecule has 1 heteroatoms. The maximum Gasteiger partial charge on any atom is 0.0450 e. The van der Waals surface area contributed by atoms with Crippen LogP contribution in [-0.4, -0.2) is 0 Å². The first-order valence-corrected chi connectivity index (χ1v) is 12.9. The summed E-state index contributed by atoms with van der Waals surface area (Å²) in [7, 11) is 0. The lowest BCUT2D eigenvalue weighted by Crippen LogP contribution is -2.25. The van der Waals surface area contributed by atoms with Crippen molar-refractivity contribution in [1.82, 2.24) is 0 Å². The zero-order chi connectivity index (χ0) is 20.5. The van der Waals surface area contributed by atoms with E-state index >= 15 is 0 Å². The number of hydrogen-bond acceptors (Lipinski definition) is 0. The molecule has 2 saturated carbocycles. The lowest BCUT2D eigenvalue weighted by molar-refractivity contribution is 0.154. The summed E-state index contributed by atoms with van der Waals surface area (Å²) < 4.78 is 0. The van der Waals surface area contributed by atoms with E-state index in [9.17, 15) is 0 Å². The van der Waals surface area contributed by atoms with E-state index < -0.39 is 0 Å². The van der Waals surface area contributed by atoms with Crippen LogP contribution < -0.4 is 0 Å². The minimum Gasteiger partial charge on any atom is -0.0945 e. The summed E-state index contributed by atoms with van der Waals surface area (Å²) in [4.78, 5) is 0. The van der Waals surface area contributed by atoms with Gasteiger partial charge in [0.15, 0.2) is 0 Å². The first-order chi connectivity index (χ1) is 14.2. The van der Waals surface area contributed by atoms with E-state index in [1.54, 1.807) is 0 Å². The van der Waals surface area contributed by atoms with Gasteiger partial charge in [0.1, 0.15) is 0 Å². The van der Waals surface area contributed by atoms with Crippen molar-refractivity contribution in [2.45, 2.75) is 104 Å². The normalized spacial score (nSPS) is 27.3. The van der Waals surface area contributed by atoms with Gasteiger partial charge in [0.05, 0.1) is 0 Å². The minimum atomic E-state index is 0.589. The molecular formula is C28H41Cl. The van der Waals surface area contributed by atoms with Gasteiger partial charge < -0.3 is 0 Å². The van der Waals surface area contributed by atoms with Crippen LogP contribution in [0.2, 0.25) is 5.02 Å². The van der Waals surface area contributed by atoms with E-state index in [0.29, 0.717) is 5.92 Å². The molecule has 0 radical (unpaired) electrons. The zero-order valence-electron chi connectivity index (χ0n) is 18.8. The molecule has 3 rings (SSSR count). The second kappa shape index (κ2) is 12.1. The Kier molecular flexibility index (Phi) is 9.45. The fourth-order valence-electron chi connectivity index (χ4n) is 5.67. The van der Waals surface area contributed by atoms with Gasteiger partial charge in [-0.1, -0.05) is 81.9 Å². The predicted octanol–water partition coefficient (Wildman–Crippen LogP) is 8.84. The molecule has 0 unspecified atom stereocenters. The summed E-state index contributed by atoms with van der Waals surface area (Å²) in [5, 5.41) is 0.898. The summed E-state index contributed by atoms with van der Waals surface area (Å²) in [6.45, 7) is 4.58. The Bertz CT molecular complexity index is 663. The molecule has 160 valence electrons. The second-order valence-electron chi connectivity index (χ2n) is 9.71. The molecule has 29 heavy (non-hydrogen) atoms. The summed E-state index contributed by atoms with van der Waals surface area (Å²) in [5.41, 5.74) is 2.37. The first-order valence-electron chi connectivity index (χ1n) is 12.5. The van der Waals surface area contributed by atoms with Gasteiger partial charge in [0, 0.05) is 16.5 Å². The van der Waals surface area contributed by atoms with Crippen molar-refractivity contribution in [3.05, 3.63) is 34.3 Å². The van der Waals surface area contributed by atoms with Gasteiger partial charge in [-0.05, 0) is 86.8 Å². The molecule has 2 aliphatic carbocycles. The Hall–Kier alpha value is -0.930. The quantitative estimate of drug-likeness (QED) is 0.310. The average molecular weight is 413 g/mol. The van der Waals surface area contributed by atoms with Gasteiger partial charge in [-0.3, -0.25) is 0 Å². The molecule has 1 aromatic rings. The van der Waals surface area contributed by atoms with Crippen molar-refractivity contribution in [3.63, 3.8) is 0 Å². The van der Waals surface area contributed by atoms with Crippen LogP contribution >= 0.6 is 11.6 Å². The van der Waals surface area contributed by atoms with E-state index in [-0.39, 0.29) is 0 Å². The largest absolute Gasteiger partial charge is 0.0945 e. The monoisotopic (exact) mass is 412 g/mol. The predicted molar refractivity (Wildman–Crippen MR) is 127 cm³/mol. The highest BCUT2D eigenvalue weighted by atomic mass is 35.5. The van der Waals surface area contributed by atoms with Crippen molar-refractivity contribution >= 4 is 11.6 Å². The fraction of sp³-hybridized carbons (Fsp3) is 0.714. The van der Waals surface area contributed by atoms with Crippen LogP contribution in [0.3, 0.4) is 0 Å². The smallest absolute Gasteiger partial charge is 0.0450 e. The zero-order valence-corrected chi connectivity index (χ0v) is 19.6. The first kappa shape index (κ1) is 22.7. The number of halogens is 1.